The number of nitro groups is 1. The lowest BCUT2D eigenvalue weighted by Gasteiger charge is -2.41. The van der Waals surface area contributed by atoms with Crippen LogP contribution in [0.25, 0.3) is 32.9 Å². The first kappa shape index (κ1) is 41.7. The summed E-state index contributed by atoms with van der Waals surface area (Å²) < 4.78 is 55.2. The SMILES string of the molecule is C#Cc1c(F)ccc2cccc(-c3ncc4c(N5CC6CCC(C5)N6C(=O)OCCCC)nc(OC[C@@]56CCCN5[C@H](COC(=O)Oc5ccc([N+](=O)[O-])cc5)CC6)nc4c3F)c12. The Balaban J connectivity index is 0.999. The van der Waals surface area contributed by atoms with E-state index in [2.05, 4.69) is 20.8 Å². The summed E-state index contributed by atoms with van der Waals surface area (Å²) in [6.45, 7) is 4.22. The third kappa shape index (κ3) is 7.88. The standard InChI is InChI=1S/C46H45F2N7O8/c1-3-5-22-60-44(56)54-30-11-12-31(54)25-52(24-30)42-36-23-49-40(35-9-6-8-28-10-17-37(47)34(4-2)38(28)35)39(48)41(36)50-43(51-42)62-27-46-19-7-21-53(46)32(18-20-46)26-61-45(57)63-33-15-13-29(14-16-33)55(58)59/h2,6,8-10,13-17,23,30-32H,3,5,7,11-12,18-22,24-27H2,1H3/t30?,31?,32-,46-/m0/s1. The minimum atomic E-state index is -0.920. The zero-order valence-corrected chi connectivity index (χ0v) is 34.6. The first-order valence-electron chi connectivity index (χ1n) is 21.3. The predicted molar refractivity (Wildman–Crippen MR) is 228 cm³/mol. The van der Waals surface area contributed by atoms with E-state index in [0.29, 0.717) is 53.7 Å². The van der Waals surface area contributed by atoms with Crippen molar-refractivity contribution in [1.82, 2.24) is 24.8 Å². The molecule has 4 fully saturated rings. The summed E-state index contributed by atoms with van der Waals surface area (Å²) in [4.78, 5) is 56.6. The highest BCUT2D eigenvalue weighted by atomic mass is 19.1. The Labute approximate surface area is 361 Å². The molecule has 5 aromatic rings. The minimum absolute atomic E-state index is 0.000358. The van der Waals surface area contributed by atoms with Gasteiger partial charge in [-0.25, -0.2) is 18.4 Å². The molecule has 15 nitrogen and oxygen atoms in total. The van der Waals surface area contributed by atoms with Crippen LogP contribution in [0.5, 0.6) is 11.8 Å². The van der Waals surface area contributed by atoms with E-state index in [1.807, 2.05) is 16.7 Å². The van der Waals surface area contributed by atoms with E-state index in [0.717, 1.165) is 51.5 Å². The number of benzene rings is 3. The quantitative estimate of drug-likeness (QED) is 0.0295. The van der Waals surface area contributed by atoms with Crippen LogP contribution in [0.3, 0.4) is 0 Å². The summed E-state index contributed by atoms with van der Waals surface area (Å²) in [5, 5.41) is 12.3. The Hall–Kier alpha value is -6.67. The molecule has 17 heteroatoms. The van der Waals surface area contributed by atoms with Crippen molar-refractivity contribution >= 4 is 45.4 Å². The van der Waals surface area contributed by atoms with Crippen molar-refractivity contribution in [1.29, 1.82) is 0 Å². The molecule has 2 bridgehead atoms. The van der Waals surface area contributed by atoms with Crippen LogP contribution in [0.15, 0.2) is 60.8 Å². The number of piperazine rings is 1. The molecule has 0 saturated carbocycles. The molecule has 1 amide bonds. The number of amides is 1. The van der Waals surface area contributed by atoms with E-state index in [1.54, 1.807) is 24.3 Å². The van der Waals surface area contributed by atoms with Crippen LogP contribution in [0.2, 0.25) is 0 Å². The lowest BCUT2D eigenvalue weighted by atomic mass is 9.95. The number of terminal acetylenes is 1. The highest BCUT2D eigenvalue weighted by Gasteiger charge is 2.50. The number of rotatable bonds is 12. The van der Waals surface area contributed by atoms with E-state index in [-0.39, 0.29) is 71.7 Å². The van der Waals surface area contributed by atoms with Crippen molar-refractivity contribution in [3.05, 3.63) is 88.1 Å². The Bertz CT molecular complexity index is 2630. The number of pyridine rings is 1. The van der Waals surface area contributed by atoms with Crippen molar-refractivity contribution in [3.63, 3.8) is 0 Å². The Morgan fingerprint density at radius 3 is 2.56 bits per heavy atom. The number of unbranched alkanes of at least 4 members (excludes halogenated alkanes) is 1. The highest BCUT2D eigenvalue weighted by molar-refractivity contribution is 6.02. The van der Waals surface area contributed by atoms with Gasteiger partial charge in [-0.15, -0.1) is 6.42 Å². The average molecular weight is 862 g/mol. The number of nitrogens with zero attached hydrogens (tertiary/aromatic N) is 7. The maximum atomic E-state index is 17.2. The molecule has 63 heavy (non-hydrogen) atoms. The second-order valence-electron chi connectivity index (χ2n) is 16.6. The average Bonchev–Trinajstić information content (AvgIpc) is 3.94. The summed E-state index contributed by atoms with van der Waals surface area (Å²) >= 11 is 0. The monoisotopic (exact) mass is 861 g/mol. The summed E-state index contributed by atoms with van der Waals surface area (Å²) in [5.74, 6) is 1.62. The molecule has 0 N–H and O–H groups in total. The number of halogens is 2. The van der Waals surface area contributed by atoms with Gasteiger partial charge in [0.2, 0.25) is 0 Å². The molecule has 2 aromatic heterocycles. The fourth-order valence-electron chi connectivity index (χ4n) is 9.87. The summed E-state index contributed by atoms with van der Waals surface area (Å²) in [7, 11) is 0. The van der Waals surface area contributed by atoms with Crippen LogP contribution in [0, 0.1) is 34.1 Å². The molecular formula is C46H45F2N7O8. The van der Waals surface area contributed by atoms with E-state index in [4.69, 9.17) is 30.4 Å². The van der Waals surface area contributed by atoms with Gasteiger partial charge in [-0.2, -0.15) is 9.97 Å². The van der Waals surface area contributed by atoms with E-state index >= 15 is 8.78 Å². The second kappa shape index (κ2) is 17.2. The fourth-order valence-corrected chi connectivity index (χ4v) is 9.87. The second-order valence-corrected chi connectivity index (χ2v) is 16.6. The van der Waals surface area contributed by atoms with Gasteiger partial charge in [0.15, 0.2) is 5.82 Å². The summed E-state index contributed by atoms with van der Waals surface area (Å²) in [5.41, 5.74) is -0.341. The maximum absolute atomic E-state index is 17.2. The maximum Gasteiger partial charge on any atom is 0.513 e. The molecule has 4 saturated heterocycles. The van der Waals surface area contributed by atoms with Crippen molar-refractivity contribution in [3.8, 4) is 35.4 Å². The first-order valence-corrected chi connectivity index (χ1v) is 21.3. The molecule has 0 spiro atoms. The summed E-state index contributed by atoms with van der Waals surface area (Å²) in [6.07, 6.45) is 12.4. The van der Waals surface area contributed by atoms with Gasteiger partial charge >= 0.3 is 18.3 Å². The number of ether oxygens (including phenoxy) is 4. The molecule has 4 aliphatic rings. The lowest BCUT2D eigenvalue weighted by molar-refractivity contribution is -0.384. The molecule has 4 aliphatic heterocycles. The Kier molecular flexibility index (Phi) is 11.4. The van der Waals surface area contributed by atoms with Gasteiger partial charge in [0.25, 0.3) is 5.69 Å². The van der Waals surface area contributed by atoms with E-state index in [9.17, 15) is 19.7 Å². The van der Waals surface area contributed by atoms with Gasteiger partial charge in [0.1, 0.15) is 41.8 Å². The number of aromatic nitrogens is 3. The van der Waals surface area contributed by atoms with Crippen LogP contribution in [-0.4, -0.2) is 105 Å². The number of nitro benzene ring substituents is 1. The molecule has 0 aliphatic carbocycles. The smallest absolute Gasteiger partial charge is 0.461 e. The van der Waals surface area contributed by atoms with Gasteiger partial charge < -0.3 is 23.8 Å². The third-order valence-electron chi connectivity index (χ3n) is 12.9. The first-order chi connectivity index (χ1) is 30.6. The summed E-state index contributed by atoms with van der Waals surface area (Å²) in [6, 6.07) is 12.7. The van der Waals surface area contributed by atoms with Crippen LogP contribution < -0.4 is 14.4 Å². The number of anilines is 1. The van der Waals surface area contributed by atoms with E-state index < -0.39 is 28.3 Å². The normalized spacial score (nSPS) is 21.7. The number of hydrogen-bond acceptors (Lipinski definition) is 13. The Morgan fingerprint density at radius 2 is 1.81 bits per heavy atom. The minimum Gasteiger partial charge on any atom is -0.461 e. The molecule has 2 unspecified atom stereocenters. The Morgan fingerprint density at radius 1 is 1.02 bits per heavy atom. The predicted octanol–water partition coefficient (Wildman–Crippen LogP) is 8.19. The lowest BCUT2D eigenvalue weighted by Crippen LogP contribution is -2.56. The topological polar surface area (TPSA) is 163 Å². The van der Waals surface area contributed by atoms with Crippen LogP contribution in [0.1, 0.15) is 63.9 Å². The molecule has 9 rings (SSSR count). The van der Waals surface area contributed by atoms with Crippen molar-refractivity contribution in [2.75, 3.05) is 44.4 Å². The van der Waals surface area contributed by atoms with Gasteiger partial charge in [0.05, 0.1) is 40.1 Å². The van der Waals surface area contributed by atoms with Crippen LogP contribution in [-0.2, 0) is 9.47 Å². The molecular weight excluding hydrogens is 817 g/mol. The van der Waals surface area contributed by atoms with Crippen molar-refractivity contribution in [2.24, 2.45) is 0 Å². The highest BCUT2D eigenvalue weighted by Crippen LogP contribution is 2.44. The third-order valence-corrected chi connectivity index (χ3v) is 12.9. The molecule has 326 valence electrons. The van der Waals surface area contributed by atoms with Gasteiger partial charge in [-0.3, -0.25) is 24.9 Å². The van der Waals surface area contributed by atoms with Crippen LogP contribution in [0.4, 0.5) is 29.9 Å². The van der Waals surface area contributed by atoms with Gasteiger partial charge in [-0.05, 0) is 75.1 Å². The van der Waals surface area contributed by atoms with Crippen molar-refractivity contribution < 1.29 is 42.2 Å². The zero-order chi connectivity index (χ0) is 43.8. The molecule has 0 radical (unpaired) electrons. The zero-order valence-electron chi connectivity index (χ0n) is 34.6. The number of hydrogen-bond donors (Lipinski definition) is 0. The molecule has 3 aromatic carbocycles. The largest absolute Gasteiger partial charge is 0.513 e. The van der Waals surface area contributed by atoms with Gasteiger partial charge in [0, 0.05) is 48.4 Å². The number of fused-ring (bicyclic) bond motifs is 5. The van der Waals surface area contributed by atoms with Crippen LogP contribution >= 0.6 is 0 Å². The van der Waals surface area contributed by atoms with Gasteiger partial charge in [-0.1, -0.05) is 43.5 Å². The molecule has 6 heterocycles. The number of non-ortho nitro benzene ring substituents is 1. The number of carbonyl (C=O) groups is 2. The van der Waals surface area contributed by atoms with Crippen molar-refractivity contribution in [2.45, 2.75) is 82.0 Å². The molecule has 4 atom stereocenters. The fraction of sp³-hybridized carbons (Fsp3) is 0.413. The van der Waals surface area contributed by atoms with E-state index in [1.165, 1.54) is 36.5 Å². The number of carbonyl (C=O) groups excluding carboxylic acids is 2.